The van der Waals surface area contributed by atoms with E-state index in [0.717, 1.165) is 16.2 Å². The van der Waals surface area contributed by atoms with E-state index < -0.39 is 11.6 Å². The van der Waals surface area contributed by atoms with E-state index >= 15 is 0 Å². The maximum Gasteiger partial charge on any atom is 0.325 e. The van der Waals surface area contributed by atoms with Crippen LogP contribution in [0.1, 0.15) is 18.9 Å². The minimum absolute atomic E-state index is 0.204. The van der Waals surface area contributed by atoms with E-state index in [2.05, 4.69) is 15.2 Å². The van der Waals surface area contributed by atoms with Gasteiger partial charge in [0.2, 0.25) is 5.91 Å². The molecule has 31 heavy (non-hydrogen) atoms. The zero-order valence-electron chi connectivity index (χ0n) is 17.7. The lowest BCUT2D eigenvalue weighted by atomic mass is 9.93. The minimum atomic E-state index is -0.993. The van der Waals surface area contributed by atoms with E-state index in [1.807, 2.05) is 42.5 Å². The summed E-state index contributed by atoms with van der Waals surface area (Å²) in [7, 11) is 0. The van der Waals surface area contributed by atoms with Crippen LogP contribution in [0.3, 0.4) is 0 Å². The second-order valence-electron chi connectivity index (χ2n) is 8.21. The number of carbonyl (C=O) groups excluding carboxylic acids is 3. The summed E-state index contributed by atoms with van der Waals surface area (Å²) in [6, 6.07) is 13.2. The number of rotatable bonds is 6. The van der Waals surface area contributed by atoms with Gasteiger partial charge in [-0.25, -0.2) is 4.79 Å². The fourth-order valence-corrected chi connectivity index (χ4v) is 4.10. The molecular weight excluding hydrogens is 394 g/mol. The van der Waals surface area contributed by atoms with Gasteiger partial charge < -0.3 is 15.1 Å². The van der Waals surface area contributed by atoms with Crippen molar-refractivity contribution in [3.63, 3.8) is 0 Å². The minimum Gasteiger partial charge on any atom is -0.368 e. The number of nitrogens with one attached hydrogen (secondary N) is 1. The Balaban J connectivity index is 1.32. The average molecular weight is 422 g/mol. The Morgan fingerprint density at radius 2 is 1.71 bits per heavy atom. The summed E-state index contributed by atoms with van der Waals surface area (Å²) in [6.45, 7) is 4.01. The number of hydrogen-bond acceptors (Lipinski definition) is 5. The van der Waals surface area contributed by atoms with Crippen molar-refractivity contribution in [1.82, 2.24) is 20.1 Å². The van der Waals surface area contributed by atoms with Crippen molar-refractivity contribution in [2.45, 2.75) is 25.3 Å². The maximum absolute atomic E-state index is 13.0. The molecule has 3 heterocycles. The Hall–Kier alpha value is -3.42. The molecule has 1 atom stereocenters. The number of pyridine rings is 1. The number of amides is 4. The number of aromatic nitrogens is 1. The molecule has 8 heteroatoms. The van der Waals surface area contributed by atoms with E-state index in [1.165, 1.54) is 0 Å². The standard InChI is InChI=1S/C23H27N5O3/c1-23(10-7-18-5-3-2-4-6-18)21(30)28(22(31)25-23)17-20(29)27-15-13-26(14-16-27)19-8-11-24-12-9-19/h2-6,8-9,11-12H,7,10,13-17H2,1H3,(H,25,31)/t23-/m1/s1. The highest BCUT2D eigenvalue weighted by atomic mass is 16.2. The molecule has 2 saturated heterocycles. The van der Waals surface area contributed by atoms with Gasteiger partial charge in [0, 0.05) is 44.3 Å². The van der Waals surface area contributed by atoms with Gasteiger partial charge in [0.05, 0.1) is 0 Å². The fraction of sp³-hybridized carbons (Fsp3) is 0.391. The molecule has 0 saturated carbocycles. The van der Waals surface area contributed by atoms with Crippen molar-refractivity contribution in [1.29, 1.82) is 0 Å². The van der Waals surface area contributed by atoms with Gasteiger partial charge in [0.1, 0.15) is 12.1 Å². The highest BCUT2D eigenvalue weighted by Gasteiger charge is 2.48. The first-order valence-electron chi connectivity index (χ1n) is 10.6. The smallest absolute Gasteiger partial charge is 0.325 e. The second kappa shape index (κ2) is 8.75. The highest BCUT2D eigenvalue weighted by molar-refractivity contribution is 6.08. The van der Waals surface area contributed by atoms with E-state index in [1.54, 1.807) is 24.2 Å². The third-order valence-corrected chi connectivity index (χ3v) is 6.06. The number of aryl methyl sites for hydroxylation is 1. The third-order valence-electron chi connectivity index (χ3n) is 6.06. The van der Waals surface area contributed by atoms with Crippen LogP contribution < -0.4 is 10.2 Å². The third kappa shape index (κ3) is 4.52. The van der Waals surface area contributed by atoms with Gasteiger partial charge in [0.15, 0.2) is 0 Å². The van der Waals surface area contributed by atoms with Crippen LogP contribution in [0.5, 0.6) is 0 Å². The summed E-state index contributed by atoms with van der Waals surface area (Å²) in [5.41, 5.74) is 1.19. The van der Waals surface area contributed by atoms with Gasteiger partial charge in [-0.1, -0.05) is 30.3 Å². The van der Waals surface area contributed by atoms with Crippen LogP contribution in [0.2, 0.25) is 0 Å². The number of nitrogens with zero attached hydrogens (tertiary/aromatic N) is 4. The molecule has 0 aliphatic carbocycles. The molecule has 162 valence electrons. The molecule has 2 aliphatic heterocycles. The molecule has 8 nitrogen and oxygen atoms in total. The number of hydrogen-bond donors (Lipinski definition) is 1. The van der Waals surface area contributed by atoms with Crippen molar-refractivity contribution < 1.29 is 14.4 Å². The van der Waals surface area contributed by atoms with Gasteiger partial charge >= 0.3 is 6.03 Å². The molecule has 0 unspecified atom stereocenters. The molecule has 1 N–H and O–H groups in total. The van der Waals surface area contributed by atoms with Gasteiger partial charge in [0.25, 0.3) is 5.91 Å². The van der Waals surface area contributed by atoms with Crippen LogP contribution in [0.25, 0.3) is 0 Å². The van der Waals surface area contributed by atoms with Crippen molar-refractivity contribution >= 4 is 23.5 Å². The fourth-order valence-electron chi connectivity index (χ4n) is 4.10. The van der Waals surface area contributed by atoms with Crippen molar-refractivity contribution in [2.75, 3.05) is 37.6 Å². The van der Waals surface area contributed by atoms with E-state index in [0.29, 0.717) is 39.0 Å². The van der Waals surface area contributed by atoms with Crippen LogP contribution >= 0.6 is 0 Å². The Kier molecular flexibility index (Phi) is 5.88. The number of benzene rings is 1. The van der Waals surface area contributed by atoms with Gasteiger partial charge in [-0.15, -0.1) is 0 Å². The first-order chi connectivity index (χ1) is 15.0. The summed E-state index contributed by atoms with van der Waals surface area (Å²) in [4.78, 5) is 47.3. The number of imide groups is 1. The van der Waals surface area contributed by atoms with Crippen LogP contribution in [-0.4, -0.2) is 70.9 Å². The number of piperazine rings is 1. The van der Waals surface area contributed by atoms with E-state index in [4.69, 9.17) is 0 Å². The monoisotopic (exact) mass is 421 g/mol. The van der Waals surface area contributed by atoms with Gasteiger partial charge in [-0.2, -0.15) is 0 Å². The Morgan fingerprint density at radius 3 is 2.39 bits per heavy atom. The van der Waals surface area contributed by atoms with Crippen LogP contribution in [-0.2, 0) is 16.0 Å². The molecule has 2 fully saturated rings. The zero-order valence-corrected chi connectivity index (χ0v) is 17.7. The lowest BCUT2D eigenvalue weighted by molar-refractivity contribution is -0.139. The average Bonchev–Trinajstić information content (AvgIpc) is 3.02. The number of urea groups is 1. The first kappa shape index (κ1) is 20.8. The maximum atomic E-state index is 13.0. The van der Waals surface area contributed by atoms with E-state index in [-0.39, 0.29) is 18.4 Å². The van der Waals surface area contributed by atoms with Crippen LogP contribution in [0.15, 0.2) is 54.9 Å². The first-order valence-corrected chi connectivity index (χ1v) is 10.6. The van der Waals surface area contributed by atoms with Crippen molar-refractivity contribution in [2.24, 2.45) is 0 Å². The molecule has 0 bridgehead atoms. The summed E-state index contributed by atoms with van der Waals surface area (Å²) in [6.07, 6.45) is 4.65. The summed E-state index contributed by atoms with van der Waals surface area (Å²) >= 11 is 0. The quantitative estimate of drug-likeness (QED) is 0.718. The van der Waals surface area contributed by atoms with Gasteiger partial charge in [-0.3, -0.25) is 19.5 Å². The zero-order chi connectivity index (χ0) is 21.8. The van der Waals surface area contributed by atoms with Crippen molar-refractivity contribution in [3.05, 3.63) is 60.4 Å². The Labute approximate surface area is 181 Å². The molecule has 1 aromatic carbocycles. The lowest BCUT2D eigenvalue weighted by Crippen LogP contribution is -2.52. The summed E-state index contributed by atoms with van der Waals surface area (Å²) < 4.78 is 0. The largest absolute Gasteiger partial charge is 0.368 e. The Bertz CT molecular complexity index is 944. The predicted molar refractivity (Wildman–Crippen MR) is 116 cm³/mol. The topological polar surface area (TPSA) is 85.8 Å². The SMILES string of the molecule is C[C@]1(CCc2ccccc2)NC(=O)N(CC(=O)N2CCN(c3ccncc3)CC2)C1=O. The molecule has 2 aliphatic rings. The lowest BCUT2D eigenvalue weighted by Gasteiger charge is -2.36. The molecule has 0 spiro atoms. The normalized spacial score (nSPS) is 21.4. The highest BCUT2D eigenvalue weighted by Crippen LogP contribution is 2.23. The molecule has 0 radical (unpaired) electrons. The van der Waals surface area contributed by atoms with Gasteiger partial charge in [-0.05, 0) is 37.5 Å². The summed E-state index contributed by atoms with van der Waals surface area (Å²) in [5.74, 6) is -0.539. The Morgan fingerprint density at radius 1 is 1.03 bits per heavy atom. The molecular formula is C23H27N5O3. The number of anilines is 1. The molecule has 4 rings (SSSR count). The summed E-state index contributed by atoms with van der Waals surface area (Å²) in [5, 5.41) is 2.79. The molecule has 2 aromatic rings. The van der Waals surface area contributed by atoms with Crippen LogP contribution in [0, 0.1) is 0 Å². The molecule has 1 aromatic heterocycles. The number of carbonyl (C=O) groups is 3. The second-order valence-corrected chi connectivity index (χ2v) is 8.21. The molecule has 4 amide bonds. The van der Waals surface area contributed by atoms with Crippen molar-refractivity contribution in [3.8, 4) is 0 Å². The van der Waals surface area contributed by atoms with E-state index in [9.17, 15) is 14.4 Å². The predicted octanol–water partition coefficient (Wildman–Crippen LogP) is 1.67. The van der Waals surface area contributed by atoms with Crippen LogP contribution in [0.4, 0.5) is 10.5 Å².